The van der Waals surface area contributed by atoms with Crippen LogP contribution in [-0.2, 0) is 9.59 Å². The molecule has 20 heavy (non-hydrogen) atoms. The van der Waals surface area contributed by atoms with Crippen LogP contribution in [0.3, 0.4) is 0 Å². The molecule has 1 saturated heterocycles. The smallest absolute Gasteiger partial charge is 0.237 e. The summed E-state index contributed by atoms with van der Waals surface area (Å²) in [6.07, 6.45) is 2.04. The van der Waals surface area contributed by atoms with Crippen molar-refractivity contribution in [2.75, 3.05) is 11.4 Å². The highest BCUT2D eigenvalue weighted by Crippen LogP contribution is 2.31. The highest BCUT2D eigenvalue weighted by Gasteiger charge is 2.34. The van der Waals surface area contributed by atoms with Crippen molar-refractivity contribution in [3.8, 4) is 0 Å². The number of piperidine rings is 1. The van der Waals surface area contributed by atoms with Gasteiger partial charge in [0.2, 0.25) is 5.91 Å². The lowest BCUT2D eigenvalue weighted by Crippen LogP contribution is -2.44. The molecule has 0 aliphatic carbocycles. The van der Waals surface area contributed by atoms with Crippen LogP contribution >= 0.6 is 0 Å². The lowest BCUT2D eigenvalue weighted by atomic mass is 9.90. The third-order valence-corrected chi connectivity index (χ3v) is 4.03. The molecule has 1 aliphatic heterocycles. The molecule has 3 nitrogen and oxygen atoms in total. The summed E-state index contributed by atoms with van der Waals surface area (Å²) < 4.78 is 0. The Bertz CT molecular complexity index is 507. The zero-order valence-electron chi connectivity index (χ0n) is 12.6. The molecule has 1 unspecified atom stereocenters. The Morgan fingerprint density at radius 2 is 2.05 bits per heavy atom. The number of anilines is 1. The number of ketones is 1. The third-order valence-electron chi connectivity index (χ3n) is 4.03. The molecule has 1 heterocycles. The summed E-state index contributed by atoms with van der Waals surface area (Å²) in [5.74, 6) is -0.0202. The fourth-order valence-electron chi connectivity index (χ4n) is 2.88. The summed E-state index contributed by atoms with van der Waals surface area (Å²) in [7, 11) is 0. The van der Waals surface area contributed by atoms with E-state index in [0.717, 1.165) is 18.7 Å². The summed E-state index contributed by atoms with van der Waals surface area (Å²) in [4.78, 5) is 26.3. The summed E-state index contributed by atoms with van der Waals surface area (Å²) in [5.41, 5.74) is 2.14. The minimum absolute atomic E-state index is 0.0174. The number of amides is 1. The number of rotatable bonds is 4. The van der Waals surface area contributed by atoms with Crippen LogP contribution in [0.25, 0.3) is 0 Å². The molecule has 0 bridgehead atoms. The SMILES string of the molecule is CCC(=O)C1CCCN(c2ccccc2C(C)C)C1=O. The van der Waals surface area contributed by atoms with E-state index in [0.29, 0.717) is 18.8 Å². The van der Waals surface area contributed by atoms with Gasteiger partial charge in [-0.2, -0.15) is 0 Å². The average molecular weight is 273 g/mol. The molecule has 2 rings (SSSR count). The van der Waals surface area contributed by atoms with Crippen molar-refractivity contribution in [3.63, 3.8) is 0 Å². The third kappa shape index (κ3) is 2.77. The number of para-hydroxylation sites is 1. The molecule has 0 N–H and O–H groups in total. The van der Waals surface area contributed by atoms with E-state index in [2.05, 4.69) is 19.9 Å². The number of carbonyl (C=O) groups is 2. The molecule has 1 atom stereocenters. The zero-order valence-corrected chi connectivity index (χ0v) is 12.6. The minimum atomic E-state index is -0.436. The van der Waals surface area contributed by atoms with Crippen molar-refractivity contribution in [2.24, 2.45) is 5.92 Å². The second-order valence-electron chi connectivity index (χ2n) is 5.72. The average Bonchev–Trinajstić information content (AvgIpc) is 2.46. The number of hydrogen-bond acceptors (Lipinski definition) is 2. The first-order chi connectivity index (χ1) is 9.56. The first-order valence-electron chi connectivity index (χ1n) is 7.49. The molecule has 1 aliphatic rings. The Labute approximate surface area is 121 Å². The summed E-state index contributed by atoms with van der Waals surface area (Å²) in [6.45, 7) is 6.80. The Kier molecular flexibility index (Phi) is 4.58. The molecule has 1 fully saturated rings. The van der Waals surface area contributed by atoms with Crippen molar-refractivity contribution in [2.45, 2.75) is 46.0 Å². The van der Waals surface area contributed by atoms with E-state index in [4.69, 9.17) is 0 Å². The topological polar surface area (TPSA) is 37.4 Å². The highest BCUT2D eigenvalue weighted by atomic mass is 16.2. The molecule has 3 heteroatoms. The van der Waals surface area contributed by atoms with Gasteiger partial charge >= 0.3 is 0 Å². The van der Waals surface area contributed by atoms with E-state index in [1.54, 1.807) is 0 Å². The maximum Gasteiger partial charge on any atom is 0.237 e. The molecule has 1 amide bonds. The lowest BCUT2D eigenvalue weighted by molar-refractivity contribution is -0.133. The van der Waals surface area contributed by atoms with Crippen LogP contribution in [0.1, 0.15) is 51.5 Å². The first-order valence-corrected chi connectivity index (χ1v) is 7.49. The normalized spacial score (nSPS) is 19.5. The first kappa shape index (κ1) is 14.8. The van der Waals surface area contributed by atoms with Crippen molar-refractivity contribution >= 4 is 17.4 Å². The van der Waals surface area contributed by atoms with E-state index >= 15 is 0 Å². The predicted octanol–water partition coefficient (Wildman–Crippen LogP) is 3.53. The zero-order chi connectivity index (χ0) is 14.7. The molecular formula is C17H23NO2. The quantitative estimate of drug-likeness (QED) is 0.787. The number of nitrogens with zero attached hydrogens (tertiary/aromatic N) is 1. The molecule has 0 spiro atoms. The summed E-state index contributed by atoms with van der Waals surface area (Å²) in [6, 6.07) is 8.02. The van der Waals surface area contributed by atoms with Gasteiger partial charge in [0.25, 0.3) is 0 Å². The fraction of sp³-hybridized carbons (Fsp3) is 0.529. The van der Waals surface area contributed by atoms with E-state index < -0.39 is 5.92 Å². The Balaban J connectivity index is 2.33. The monoisotopic (exact) mass is 273 g/mol. The minimum Gasteiger partial charge on any atom is -0.312 e. The Hall–Kier alpha value is -1.64. The second kappa shape index (κ2) is 6.21. The van der Waals surface area contributed by atoms with Gasteiger partial charge in [-0.1, -0.05) is 39.0 Å². The van der Waals surface area contributed by atoms with Gasteiger partial charge in [0.05, 0.1) is 5.92 Å². The van der Waals surface area contributed by atoms with Gasteiger partial charge in [0.15, 0.2) is 0 Å². The molecule has 1 aromatic rings. The highest BCUT2D eigenvalue weighted by molar-refractivity contribution is 6.09. The number of hydrogen-bond donors (Lipinski definition) is 0. The van der Waals surface area contributed by atoms with Crippen molar-refractivity contribution in [1.29, 1.82) is 0 Å². The van der Waals surface area contributed by atoms with E-state index in [-0.39, 0.29) is 11.7 Å². The largest absolute Gasteiger partial charge is 0.312 e. The van der Waals surface area contributed by atoms with Crippen LogP contribution in [0, 0.1) is 5.92 Å². The standard InChI is InChI=1S/C17H23NO2/c1-4-16(19)14-9-7-11-18(17(14)20)15-10-6-5-8-13(15)12(2)3/h5-6,8,10,12,14H,4,7,9,11H2,1-3H3. The van der Waals surface area contributed by atoms with Crippen molar-refractivity contribution < 1.29 is 9.59 Å². The van der Waals surface area contributed by atoms with Crippen molar-refractivity contribution in [3.05, 3.63) is 29.8 Å². The number of Topliss-reactive ketones (excluding diaryl/α,β-unsaturated/α-hetero) is 1. The molecule has 0 aromatic heterocycles. The van der Waals surface area contributed by atoms with Crippen molar-refractivity contribution in [1.82, 2.24) is 0 Å². The summed E-state index contributed by atoms with van der Waals surface area (Å²) in [5, 5.41) is 0. The Morgan fingerprint density at radius 3 is 2.70 bits per heavy atom. The molecule has 0 saturated carbocycles. The molecule has 0 radical (unpaired) electrons. The van der Waals surface area contributed by atoms with Gasteiger partial charge in [0, 0.05) is 18.7 Å². The predicted molar refractivity (Wildman–Crippen MR) is 80.9 cm³/mol. The van der Waals surface area contributed by atoms with Gasteiger partial charge in [-0.15, -0.1) is 0 Å². The fourth-order valence-corrected chi connectivity index (χ4v) is 2.88. The lowest BCUT2D eigenvalue weighted by Gasteiger charge is -2.33. The van der Waals surface area contributed by atoms with Crippen LogP contribution < -0.4 is 4.90 Å². The molecule has 1 aromatic carbocycles. The molecule has 108 valence electrons. The van der Waals surface area contributed by atoms with Crippen LogP contribution in [0.4, 0.5) is 5.69 Å². The van der Waals surface area contributed by atoms with Crippen LogP contribution in [-0.4, -0.2) is 18.2 Å². The van der Waals surface area contributed by atoms with Crippen LogP contribution in [0.2, 0.25) is 0 Å². The van der Waals surface area contributed by atoms with E-state index in [9.17, 15) is 9.59 Å². The van der Waals surface area contributed by atoms with Gasteiger partial charge < -0.3 is 4.90 Å². The van der Waals surface area contributed by atoms with Gasteiger partial charge in [0.1, 0.15) is 5.78 Å². The van der Waals surface area contributed by atoms with Crippen LogP contribution in [0.15, 0.2) is 24.3 Å². The van der Waals surface area contributed by atoms with Gasteiger partial charge in [-0.3, -0.25) is 9.59 Å². The maximum absolute atomic E-state index is 12.6. The molecular weight excluding hydrogens is 250 g/mol. The number of carbonyl (C=O) groups excluding carboxylic acids is 2. The second-order valence-corrected chi connectivity index (χ2v) is 5.72. The summed E-state index contributed by atoms with van der Waals surface area (Å²) >= 11 is 0. The van der Waals surface area contributed by atoms with E-state index in [1.807, 2.05) is 30.0 Å². The van der Waals surface area contributed by atoms with E-state index in [1.165, 1.54) is 5.56 Å². The Morgan fingerprint density at radius 1 is 1.35 bits per heavy atom. The van der Waals surface area contributed by atoms with Gasteiger partial charge in [-0.25, -0.2) is 0 Å². The van der Waals surface area contributed by atoms with Gasteiger partial charge in [-0.05, 0) is 30.4 Å². The maximum atomic E-state index is 12.6. The van der Waals surface area contributed by atoms with Crippen LogP contribution in [0.5, 0.6) is 0 Å². The number of benzene rings is 1.